The summed E-state index contributed by atoms with van der Waals surface area (Å²) in [5.41, 5.74) is -0.566. The van der Waals surface area contributed by atoms with Crippen molar-refractivity contribution >= 4 is 11.7 Å². The van der Waals surface area contributed by atoms with Gasteiger partial charge in [0.2, 0.25) is 0 Å². The molecule has 0 aliphatic heterocycles. The first-order valence-electron chi connectivity index (χ1n) is 9.03. The van der Waals surface area contributed by atoms with Crippen LogP contribution in [-0.4, -0.2) is 34.0 Å². The average molecular weight is 335 g/mol. The molecule has 0 amide bonds. The third-order valence-corrected chi connectivity index (χ3v) is 5.81. The highest BCUT2D eigenvalue weighted by Crippen LogP contribution is 2.61. The summed E-state index contributed by atoms with van der Waals surface area (Å²) in [4.78, 5) is 17.2. The van der Waals surface area contributed by atoms with Crippen LogP contribution in [0.3, 0.4) is 0 Å². The third-order valence-electron chi connectivity index (χ3n) is 5.81. The average Bonchev–Trinajstić information content (AvgIpc) is 2.41. The van der Waals surface area contributed by atoms with Crippen LogP contribution in [0.2, 0.25) is 0 Å². The fourth-order valence-electron chi connectivity index (χ4n) is 4.21. The van der Waals surface area contributed by atoms with Crippen molar-refractivity contribution < 1.29 is 14.6 Å². The van der Waals surface area contributed by atoms with E-state index in [0.29, 0.717) is 18.8 Å². The van der Waals surface area contributed by atoms with Gasteiger partial charge in [-0.25, -0.2) is 4.79 Å². The van der Waals surface area contributed by atoms with Gasteiger partial charge in [0, 0.05) is 5.71 Å². The van der Waals surface area contributed by atoms with E-state index >= 15 is 0 Å². The maximum absolute atomic E-state index is 12.5. The quantitative estimate of drug-likeness (QED) is 0.612. The van der Waals surface area contributed by atoms with Gasteiger partial charge in [-0.3, -0.25) is 4.99 Å². The third kappa shape index (κ3) is 3.58. The molecular formula is C20H33NO3. The van der Waals surface area contributed by atoms with Crippen molar-refractivity contribution in [1.29, 1.82) is 0 Å². The standard InChI is InChI=1S/C20H33NO3/c1-8-9-10-14(17(22)24-18(2,3)4)21-16-12-13-11-15(19(13,5)6)20(16,7)23/h8,13-15,23H,1,9-12H2,2-7H3/t13-,14+,15-,20-/m1/s1. The second-order valence-corrected chi connectivity index (χ2v) is 9.15. The summed E-state index contributed by atoms with van der Waals surface area (Å²) in [6.45, 7) is 15.6. The van der Waals surface area contributed by atoms with E-state index in [-0.39, 0.29) is 17.3 Å². The number of hydrogen-bond acceptors (Lipinski definition) is 4. The van der Waals surface area contributed by atoms with Gasteiger partial charge in [-0.1, -0.05) is 19.9 Å². The van der Waals surface area contributed by atoms with Crippen LogP contribution in [0.15, 0.2) is 17.6 Å². The first kappa shape index (κ1) is 19.2. The smallest absolute Gasteiger partial charge is 0.331 e. The lowest BCUT2D eigenvalue weighted by atomic mass is 9.44. The zero-order chi connectivity index (χ0) is 18.3. The number of carbonyl (C=O) groups excluding carboxylic acids is 1. The minimum absolute atomic E-state index is 0.144. The summed E-state index contributed by atoms with van der Waals surface area (Å²) in [6, 6.07) is -0.565. The molecule has 3 aliphatic carbocycles. The number of esters is 1. The summed E-state index contributed by atoms with van der Waals surface area (Å²) < 4.78 is 5.52. The second kappa shape index (κ2) is 6.29. The minimum Gasteiger partial charge on any atom is -0.458 e. The Morgan fingerprint density at radius 1 is 1.46 bits per heavy atom. The van der Waals surface area contributed by atoms with Gasteiger partial charge in [-0.15, -0.1) is 6.58 Å². The predicted molar refractivity (Wildman–Crippen MR) is 97.1 cm³/mol. The summed E-state index contributed by atoms with van der Waals surface area (Å²) in [7, 11) is 0. The van der Waals surface area contributed by atoms with Crippen LogP contribution in [-0.2, 0) is 9.53 Å². The maximum Gasteiger partial charge on any atom is 0.331 e. The summed E-state index contributed by atoms with van der Waals surface area (Å²) in [6.07, 6.45) is 4.86. The highest BCUT2D eigenvalue weighted by Gasteiger charge is 2.61. The van der Waals surface area contributed by atoms with Crippen LogP contribution in [0.1, 0.15) is 67.2 Å². The van der Waals surface area contributed by atoms with E-state index in [9.17, 15) is 9.90 Å². The van der Waals surface area contributed by atoms with Crippen molar-refractivity contribution in [2.24, 2.45) is 22.2 Å². The van der Waals surface area contributed by atoms with Crippen molar-refractivity contribution in [3.05, 3.63) is 12.7 Å². The molecule has 2 bridgehead atoms. The van der Waals surface area contributed by atoms with Crippen LogP contribution in [0.5, 0.6) is 0 Å². The number of allylic oxidation sites excluding steroid dienone is 1. The molecule has 4 atom stereocenters. The highest BCUT2D eigenvalue weighted by molar-refractivity contribution is 5.96. The monoisotopic (exact) mass is 335 g/mol. The highest BCUT2D eigenvalue weighted by atomic mass is 16.6. The summed E-state index contributed by atoms with van der Waals surface area (Å²) >= 11 is 0. The Hall–Kier alpha value is -1.16. The van der Waals surface area contributed by atoms with Crippen molar-refractivity contribution in [3.8, 4) is 0 Å². The Morgan fingerprint density at radius 2 is 2.08 bits per heavy atom. The van der Waals surface area contributed by atoms with Gasteiger partial charge in [-0.05, 0) is 70.6 Å². The van der Waals surface area contributed by atoms with E-state index in [1.54, 1.807) is 6.08 Å². The number of fused-ring (bicyclic) bond motifs is 2. The van der Waals surface area contributed by atoms with Crippen molar-refractivity contribution in [3.63, 3.8) is 0 Å². The molecule has 0 radical (unpaired) electrons. The number of aliphatic hydroxyl groups is 1. The Morgan fingerprint density at radius 3 is 2.54 bits per heavy atom. The van der Waals surface area contributed by atoms with Gasteiger partial charge in [0.1, 0.15) is 17.2 Å². The Labute approximate surface area is 146 Å². The van der Waals surface area contributed by atoms with E-state index in [1.165, 1.54) is 0 Å². The molecule has 0 aromatic rings. The van der Waals surface area contributed by atoms with Gasteiger partial charge in [0.25, 0.3) is 0 Å². The van der Waals surface area contributed by atoms with E-state index in [4.69, 9.17) is 9.73 Å². The molecule has 0 unspecified atom stereocenters. The Bertz CT molecular complexity index is 540. The fraction of sp³-hybridized carbons (Fsp3) is 0.800. The fourth-order valence-corrected chi connectivity index (χ4v) is 4.21. The number of ether oxygens (including phenoxy) is 1. The van der Waals surface area contributed by atoms with Crippen LogP contribution in [0, 0.1) is 17.3 Å². The minimum atomic E-state index is -0.938. The van der Waals surface area contributed by atoms with Gasteiger partial charge >= 0.3 is 5.97 Å². The largest absolute Gasteiger partial charge is 0.458 e. The Kier molecular flexibility index (Phi) is 5.02. The first-order valence-corrected chi connectivity index (χ1v) is 9.03. The molecule has 0 heterocycles. The number of carbonyl (C=O) groups is 1. The van der Waals surface area contributed by atoms with Crippen LogP contribution in [0.4, 0.5) is 0 Å². The van der Waals surface area contributed by atoms with Crippen LogP contribution >= 0.6 is 0 Å². The molecule has 24 heavy (non-hydrogen) atoms. The molecule has 3 aliphatic rings. The maximum atomic E-state index is 12.5. The molecule has 4 heteroatoms. The topological polar surface area (TPSA) is 58.9 Å². The molecule has 3 fully saturated rings. The van der Waals surface area contributed by atoms with Gasteiger partial charge in [-0.2, -0.15) is 0 Å². The molecule has 0 spiro atoms. The lowest BCUT2D eigenvalue weighted by Crippen LogP contribution is -2.65. The van der Waals surface area contributed by atoms with E-state index in [1.807, 2.05) is 27.7 Å². The van der Waals surface area contributed by atoms with Crippen molar-refractivity contribution in [2.45, 2.75) is 84.5 Å². The van der Waals surface area contributed by atoms with E-state index in [2.05, 4.69) is 20.4 Å². The van der Waals surface area contributed by atoms with Gasteiger partial charge < -0.3 is 9.84 Å². The molecule has 136 valence electrons. The first-order chi connectivity index (χ1) is 10.9. The molecule has 3 saturated carbocycles. The zero-order valence-electron chi connectivity index (χ0n) is 16.1. The van der Waals surface area contributed by atoms with E-state index in [0.717, 1.165) is 18.6 Å². The second-order valence-electron chi connectivity index (χ2n) is 9.15. The number of hydrogen-bond donors (Lipinski definition) is 1. The molecule has 0 aromatic carbocycles. The number of rotatable bonds is 5. The summed E-state index contributed by atoms with van der Waals surface area (Å²) in [5, 5.41) is 11.1. The van der Waals surface area contributed by atoms with Gasteiger partial charge in [0.05, 0.1) is 0 Å². The van der Waals surface area contributed by atoms with Crippen molar-refractivity contribution in [2.75, 3.05) is 0 Å². The lowest BCUT2D eigenvalue weighted by Gasteiger charge is -2.62. The SMILES string of the molecule is C=CCC[C@H](N=C1C[C@H]2C[C@H](C2(C)C)[C@@]1(C)O)C(=O)OC(C)(C)C. The molecule has 4 nitrogen and oxygen atoms in total. The molecule has 0 saturated heterocycles. The normalized spacial score (nSPS) is 34.4. The lowest BCUT2D eigenvalue weighted by molar-refractivity contribution is -0.156. The predicted octanol–water partition coefficient (Wildman–Crippen LogP) is 3.92. The van der Waals surface area contributed by atoms with Crippen LogP contribution < -0.4 is 0 Å². The van der Waals surface area contributed by atoms with Crippen LogP contribution in [0.25, 0.3) is 0 Å². The number of nitrogens with zero attached hydrogens (tertiary/aromatic N) is 1. The molecule has 3 rings (SSSR count). The Balaban J connectivity index is 2.23. The summed E-state index contributed by atoms with van der Waals surface area (Å²) in [5.74, 6) is 0.438. The van der Waals surface area contributed by atoms with Gasteiger partial charge in [0.15, 0.2) is 0 Å². The molecular weight excluding hydrogens is 302 g/mol. The van der Waals surface area contributed by atoms with E-state index < -0.39 is 17.2 Å². The molecule has 1 N–H and O–H groups in total. The molecule has 0 aromatic heterocycles. The zero-order valence-corrected chi connectivity index (χ0v) is 16.1. The van der Waals surface area contributed by atoms with Crippen molar-refractivity contribution in [1.82, 2.24) is 0 Å². The number of aliphatic imine (C=N–C) groups is 1.